The maximum Gasteiger partial charge on any atom is 0.328 e. The Labute approximate surface area is 169 Å². The Balaban J connectivity index is 2.36. The number of halogens is 1. The number of imide groups is 1. The lowest BCUT2D eigenvalue weighted by Crippen LogP contribution is -2.42. The molecule has 1 aliphatic rings. The fourth-order valence-corrected chi connectivity index (χ4v) is 3.62. The van der Waals surface area contributed by atoms with Crippen LogP contribution in [0.2, 0.25) is 0 Å². The number of nitrogens with zero attached hydrogens (tertiary/aromatic N) is 1. The van der Waals surface area contributed by atoms with Crippen LogP contribution in [0.4, 0.5) is 4.79 Å². The molecule has 0 bridgehead atoms. The van der Waals surface area contributed by atoms with Crippen LogP contribution in [0.3, 0.4) is 0 Å². The van der Waals surface area contributed by atoms with Crippen LogP contribution < -0.4 is 9.47 Å². The molecule has 2 amide bonds. The fraction of sp³-hybridized carbons (Fsp3) is 0.278. The molecule has 0 radical (unpaired) electrons. The Hall–Kier alpha value is -2.44. The van der Waals surface area contributed by atoms with Crippen molar-refractivity contribution in [2.75, 3.05) is 20.8 Å². The summed E-state index contributed by atoms with van der Waals surface area (Å²) in [5.74, 6) is 1.98. The van der Waals surface area contributed by atoms with Crippen LogP contribution in [-0.4, -0.2) is 48.9 Å². The Bertz CT molecular complexity index is 860. The predicted octanol–water partition coefficient (Wildman–Crippen LogP) is 3.07. The van der Waals surface area contributed by atoms with Crippen molar-refractivity contribution in [1.29, 1.82) is 0 Å². The van der Waals surface area contributed by atoms with Gasteiger partial charge in [0.15, 0.2) is 11.5 Å². The van der Waals surface area contributed by atoms with E-state index in [9.17, 15) is 14.4 Å². The smallest absolute Gasteiger partial charge is 0.328 e. The van der Waals surface area contributed by atoms with E-state index in [-0.39, 0.29) is 11.5 Å². The molecule has 1 fully saturated rings. The molecule has 142 valence electrons. The third-order valence-corrected chi connectivity index (χ3v) is 5.20. The van der Waals surface area contributed by atoms with E-state index in [1.807, 2.05) is 0 Å². The maximum absolute atomic E-state index is 12.6. The molecule has 0 spiro atoms. The zero-order chi connectivity index (χ0) is 20.1. The number of esters is 1. The summed E-state index contributed by atoms with van der Waals surface area (Å²) in [6.07, 6.45) is 6.73. The number of rotatable bonds is 6. The lowest BCUT2D eigenvalue weighted by molar-refractivity contribution is -0.148. The largest absolute Gasteiger partial charge is 0.493 e. The number of thioether (sulfide) groups is 1. The molecule has 1 aromatic carbocycles. The number of benzene rings is 1. The minimum absolute atomic E-state index is 0.0758. The molecule has 0 aliphatic carbocycles. The van der Waals surface area contributed by atoms with Gasteiger partial charge < -0.3 is 14.2 Å². The Morgan fingerprint density at radius 2 is 2.07 bits per heavy atom. The van der Waals surface area contributed by atoms with E-state index in [0.717, 1.165) is 16.7 Å². The Kier molecular flexibility index (Phi) is 6.93. The number of carbonyl (C=O) groups excluding carboxylic acids is 3. The van der Waals surface area contributed by atoms with Gasteiger partial charge in [-0.1, -0.05) is 21.9 Å². The van der Waals surface area contributed by atoms with E-state index in [2.05, 4.69) is 26.6 Å². The summed E-state index contributed by atoms with van der Waals surface area (Å²) >= 11 is 4.14. The molecule has 7 nitrogen and oxygen atoms in total. The van der Waals surface area contributed by atoms with Gasteiger partial charge in [0.2, 0.25) is 0 Å². The first-order valence-corrected chi connectivity index (χ1v) is 9.23. The normalized spacial score (nSPS) is 16.3. The van der Waals surface area contributed by atoms with E-state index >= 15 is 0 Å². The van der Waals surface area contributed by atoms with Gasteiger partial charge >= 0.3 is 5.97 Å². The quantitative estimate of drug-likeness (QED) is 0.371. The van der Waals surface area contributed by atoms with Crippen molar-refractivity contribution in [3.8, 4) is 23.8 Å². The molecule has 0 aromatic heterocycles. The van der Waals surface area contributed by atoms with Crippen LogP contribution in [-0.2, 0) is 14.3 Å². The molecule has 1 heterocycles. The topological polar surface area (TPSA) is 82.1 Å². The van der Waals surface area contributed by atoms with Gasteiger partial charge in [-0.15, -0.1) is 6.42 Å². The molecule has 2 rings (SSSR count). The van der Waals surface area contributed by atoms with E-state index in [1.165, 1.54) is 27.2 Å². The Morgan fingerprint density at radius 1 is 1.37 bits per heavy atom. The van der Waals surface area contributed by atoms with Gasteiger partial charge in [0.05, 0.1) is 19.1 Å². The second-order valence-electron chi connectivity index (χ2n) is 5.27. The molecule has 1 atom stereocenters. The van der Waals surface area contributed by atoms with E-state index < -0.39 is 23.2 Å². The van der Waals surface area contributed by atoms with E-state index in [4.69, 9.17) is 15.9 Å². The summed E-state index contributed by atoms with van der Waals surface area (Å²) in [5, 5.41) is -0.541. The molecule has 1 unspecified atom stereocenters. The SMILES string of the molecule is C#CCOc1cc(Br)c(C=C2SC(=O)N(C(C)C(=O)OC)C2=O)cc1OC. The highest BCUT2D eigenvalue weighted by Gasteiger charge is 2.41. The molecule has 27 heavy (non-hydrogen) atoms. The van der Waals surface area contributed by atoms with Gasteiger partial charge in [-0.2, -0.15) is 0 Å². The highest BCUT2D eigenvalue weighted by molar-refractivity contribution is 9.10. The molecule has 0 saturated carbocycles. The molecular weight excluding hydrogens is 438 g/mol. The summed E-state index contributed by atoms with van der Waals surface area (Å²) in [5.41, 5.74) is 0.594. The minimum Gasteiger partial charge on any atom is -0.493 e. The van der Waals surface area contributed by atoms with Gasteiger partial charge in [-0.05, 0) is 42.5 Å². The second kappa shape index (κ2) is 8.97. The molecule has 1 saturated heterocycles. The fourth-order valence-electron chi connectivity index (χ4n) is 2.28. The predicted molar refractivity (Wildman–Crippen MR) is 104 cm³/mol. The molecule has 9 heteroatoms. The lowest BCUT2D eigenvalue weighted by Gasteiger charge is -2.18. The van der Waals surface area contributed by atoms with Crippen molar-refractivity contribution < 1.29 is 28.6 Å². The number of hydrogen-bond acceptors (Lipinski definition) is 7. The van der Waals surface area contributed by atoms with Crippen LogP contribution in [0, 0.1) is 12.3 Å². The minimum atomic E-state index is -1.01. The second-order valence-corrected chi connectivity index (χ2v) is 7.12. The van der Waals surface area contributed by atoms with Gasteiger partial charge in [-0.3, -0.25) is 14.5 Å². The summed E-state index contributed by atoms with van der Waals surface area (Å²) in [6.45, 7) is 1.51. The summed E-state index contributed by atoms with van der Waals surface area (Å²) in [7, 11) is 2.67. The standard InChI is InChI=1S/C18H16BrNO6S/c1-5-6-26-14-9-12(19)11(7-13(14)24-3)8-15-16(21)20(18(23)27-15)10(2)17(22)25-4/h1,7-10H,6H2,2-4H3. The highest BCUT2D eigenvalue weighted by Crippen LogP contribution is 2.38. The number of carbonyl (C=O) groups is 3. The third kappa shape index (κ3) is 4.46. The number of hydrogen-bond donors (Lipinski definition) is 0. The number of terminal acetylenes is 1. The first kappa shape index (κ1) is 20.9. The van der Waals surface area contributed by atoms with Crippen LogP contribution in [0.15, 0.2) is 21.5 Å². The summed E-state index contributed by atoms with van der Waals surface area (Å²) in [4.78, 5) is 37.5. The number of ether oxygens (including phenoxy) is 3. The maximum atomic E-state index is 12.6. The first-order chi connectivity index (χ1) is 12.8. The average molecular weight is 454 g/mol. The summed E-state index contributed by atoms with van der Waals surface area (Å²) in [6, 6.07) is 2.29. The van der Waals surface area contributed by atoms with Gasteiger partial charge in [0.25, 0.3) is 11.1 Å². The van der Waals surface area contributed by atoms with Crippen molar-refractivity contribution in [2.24, 2.45) is 0 Å². The van der Waals surface area contributed by atoms with Crippen LogP contribution in [0.25, 0.3) is 6.08 Å². The lowest BCUT2D eigenvalue weighted by atomic mass is 10.1. The van der Waals surface area contributed by atoms with Crippen LogP contribution in [0.1, 0.15) is 12.5 Å². The Morgan fingerprint density at radius 3 is 2.67 bits per heavy atom. The van der Waals surface area contributed by atoms with Crippen molar-refractivity contribution >= 4 is 50.9 Å². The van der Waals surface area contributed by atoms with Gasteiger partial charge in [0.1, 0.15) is 12.6 Å². The van der Waals surface area contributed by atoms with Crippen LogP contribution >= 0.6 is 27.7 Å². The summed E-state index contributed by atoms with van der Waals surface area (Å²) < 4.78 is 15.9. The van der Waals surface area contributed by atoms with Crippen molar-refractivity contribution in [2.45, 2.75) is 13.0 Å². The van der Waals surface area contributed by atoms with Gasteiger partial charge in [-0.25, -0.2) is 4.79 Å². The zero-order valence-electron chi connectivity index (χ0n) is 14.8. The number of methoxy groups -OCH3 is 2. The van der Waals surface area contributed by atoms with E-state index in [0.29, 0.717) is 21.5 Å². The highest BCUT2D eigenvalue weighted by atomic mass is 79.9. The van der Waals surface area contributed by atoms with Gasteiger partial charge in [0, 0.05) is 4.47 Å². The monoisotopic (exact) mass is 453 g/mol. The van der Waals surface area contributed by atoms with Crippen molar-refractivity contribution in [3.05, 3.63) is 27.1 Å². The van der Waals surface area contributed by atoms with Crippen molar-refractivity contribution in [1.82, 2.24) is 4.90 Å². The zero-order valence-corrected chi connectivity index (χ0v) is 17.2. The average Bonchev–Trinajstić information content (AvgIpc) is 2.93. The first-order valence-electron chi connectivity index (χ1n) is 7.62. The number of amides is 2. The molecule has 1 aromatic rings. The molecule has 1 aliphatic heterocycles. The third-order valence-electron chi connectivity index (χ3n) is 3.63. The van der Waals surface area contributed by atoms with E-state index in [1.54, 1.807) is 12.1 Å². The molecule has 0 N–H and O–H groups in total. The van der Waals surface area contributed by atoms with Crippen LogP contribution in [0.5, 0.6) is 11.5 Å². The molecular formula is C18H16BrNO6S. The van der Waals surface area contributed by atoms with Crippen molar-refractivity contribution in [3.63, 3.8) is 0 Å².